The maximum absolute atomic E-state index is 12.4. The molecule has 0 aliphatic carbocycles. The summed E-state index contributed by atoms with van der Waals surface area (Å²) >= 11 is 0. The number of imidazole rings is 1. The van der Waals surface area contributed by atoms with Crippen molar-refractivity contribution in [3.05, 3.63) is 60.4 Å². The van der Waals surface area contributed by atoms with Gasteiger partial charge in [0, 0.05) is 30.1 Å². The number of aromatic nitrogens is 2. The average molecular weight is 350 g/mol. The molecule has 136 valence electrons. The lowest BCUT2D eigenvalue weighted by atomic mass is 10.2. The number of benzene rings is 1. The quantitative estimate of drug-likeness (QED) is 0.633. The maximum Gasteiger partial charge on any atom is 0.251 e. The van der Waals surface area contributed by atoms with E-state index in [4.69, 9.17) is 0 Å². The van der Waals surface area contributed by atoms with E-state index in [0.29, 0.717) is 12.1 Å². The second-order valence-electron chi connectivity index (χ2n) is 6.31. The number of carbonyl (C=O) groups is 1. The molecule has 0 radical (unpaired) electrons. The molecule has 0 spiro atoms. The lowest BCUT2D eigenvalue weighted by molar-refractivity contribution is 0.0952. The SMILES string of the molecule is CCN(CC)CCCNC(=O)c1ccn2cc(-c3ccccc3)nc2c1. The number of hydrogen-bond donors (Lipinski definition) is 1. The van der Waals surface area contributed by atoms with E-state index in [-0.39, 0.29) is 5.91 Å². The predicted octanol–water partition coefficient (Wildman–Crippen LogP) is 3.46. The first kappa shape index (κ1) is 18.1. The Bertz CT molecular complexity index is 853. The molecule has 3 rings (SSSR count). The van der Waals surface area contributed by atoms with Crippen molar-refractivity contribution in [2.75, 3.05) is 26.2 Å². The van der Waals surface area contributed by atoms with Gasteiger partial charge in [0.1, 0.15) is 5.65 Å². The smallest absolute Gasteiger partial charge is 0.251 e. The molecule has 1 aromatic carbocycles. The van der Waals surface area contributed by atoms with Gasteiger partial charge in [0.05, 0.1) is 5.69 Å². The number of hydrogen-bond acceptors (Lipinski definition) is 3. The molecule has 0 bridgehead atoms. The van der Waals surface area contributed by atoms with Crippen molar-refractivity contribution >= 4 is 11.6 Å². The van der Waals surface area contributed by atoms with Crippen LogP contribution in [0.5, 0.6) is 0 Å². The van der Waals surface area contributed by atoms with Gasteiger partial charge in [-0.25, -0.2) is 4.98 Å². The van der Waals surface area contributed by atoms with Crippen molar-refractivity contribution in [3.63, 3.8) is 0 Å². The first-order chi connectivity index (χ1) is 12.7. The van der Waals surface area contributed by atoms with Gasteiger partial charge >= 0.3 is 0 Å². The summed E-state index contributed by atoms with van der Waals surface area (Å²) in [6.45, 7) is 8.10. The molecule has 3 aromatic rings. The largest absolute Gasteiger partial charge is 0.352 e. The number of rotatable bonds is 8. The van der Waals surface area contributed by atoms with Gasteiger partial charge in [0.2, 0.25) is 0 Å². The Morgan fingerprint density at radius 2 is 1.92 bits per heavy atom. The third-order valence-electron chi connectivity index (χ3n) is 4.62. The lowest BCUT2D eigenvalue weighted by Crippen LogP contribution is -2.29. The van der Waals surface area contributed by atoms with Crippen LogP contribution in [0.1, 0.15) is 30.6 Å². The highest BCUT2D eigenvalue weighted by Gasteiger charge is 2.09. The lowest BCUT2D eigenvalue weighted by Gasteiger charge is -2.17. The average Bonchev–Trinajstić information content (AvgIpc) is 3.12. The predicted molar refractivity (Wildman–Crippen MR) is 105 cm³/mol. The molecule has 1 amide bonds. The number of nitrogens with zero attached hydrogens (tertiary/aromatic N) is 3. The molecule has 5 nitrogen and oxygen atoms in total. The zero-order valence-corrected chi connectivity index (χ0v) is 15.5. The number of pyridine rings is 1. The highest BCUT2D eigenvalue weighted by atomic mass is 16.1. The monoisotopic (exact) mass is 350 g/mol. The minimum absolute atomic E-state index is 0.0451. The van der Waals surface area contributed by atoms with Crippen LogP contribution >= 0.6 is 0 Å². The second kappa shape index (κ2) is 8.63. The van der Waals surface area contributed by atoms with Crippen molar-refractivity contribution in [1.29, 1.82) is 0 Å². The van der Waals surface area contributed by atoms with Gasteiger partial charge in [-0.1, -0.05) is 44.2 Å². The molecule has 2 heterocycles. The van der Waals surface area contributed by atoms with Gasteiger partial charge < -0.3 is 14.6 Å². The van der Waals surface area contributed by atoms with Gasteiger partial charge in [0.15, 0.2) is 0 Å². The number of nitrogens with one attached hydrogen (secondary N) is 1. The van der Waals surface area contributed by atoms with Gasteiger partial charge in [-0.2, -0.15) is 0 Å². The fraction of sp³-hybridized carbons (Fsp3) is 0.333. The third-order valence-corrected chi connectivity index (χ3v) is 4.62. The summed E-state index contributed by atoms with van der Waals surface area (Å²) in [5, 5.41) is 3.00. The van der Waals surface area contributed by atoms with E-state index >= 15 is 0 Å². The van der Waals surface area contributed by atoms with Crippen LogP contribution in [0, 0.1) is 0 Å². The van der Waals surface area contributed by atoms with E-state index in [1.807, 2.05) is 59.3 Å². The van der Waals surface area contributed by atoms with Gasteiger partial charge in [-0.15, -0.1) is 0 Å². The highest BCUT2D eigenvalue weighted by Crippen LogP contribution is 2.19. The summed E-state index contributed by atoms with van der Waals surface area (Å²) < 4.78 is 1.94. The molecule has 0 aliphatic heterocycles. The van der Waals surface area contributed by atoms with Crippen molar-refractivity contribution in [3.8, 4) is 11.3 Å². The standard InChI is InChI=1S/C21H26N4O/c1-3-24(4-2)13-8-12-22-21(26)18-11-14-25-16-19(23-20(25)15-18)17-9-6-5-7-10-17/h5-7,9-11,14-16H,3-4,8,12-13H2,1-2H3,(H,22,26). The molecule has 0 aliphatic rings. The van der Waals surface area contributed by atoms with Crippen molar-refractivity contribution in [2.24, 2.45) is 0 Å². The molecule has 2 aromatic heterocycles. The fourth-order valence-electron chi connectivity index (χ4n) is 3.02. The van der Waals surface area contributed by atoms with E-state index in [1.165, 1.54) is 0 Å². The Labute approximate surface area is 154 Å². The summed E-state index contributed by atoms with van der Waals surface area (Å²) in [4.78, 5) is 19.4. The van der Waals surface area contributed by atoms with Crippen molar-refractivity contribution in [2.45, 2.75) is 20.3 Å². The zero-order chi connectivity index (χ0) is 18.4. The minimum Gasteiger partial charge on any atom is -0.352 e. The molecule has 5 heteroatoms. The van der Waals surface area contributed by atoms with Crippen molar-refractivity contribution < 1.29 is 4.79 Å². The van der Waals surface area contributed by atoms with Crippen molar-refractivity contribution in [1.82, 2.24) is 19.6 Å². The fourth-order valence-corrected chi connectivity index (χ4v) is 3.02. The first-order valence-corrected chi connectivity index (χ1v) is 9.26. The molecule has 0 saturated heterocycles. The van der Waals surface area contributed by atoms with E-state index < -0.39 is 0 Å². The number of amides is 1. The normalized spacial score (nSPS) is 11.2. The summed E-state index contributed by atoms with van der Waals surface area (Å²) in [5.74, 6) is -0.0451. The van der Waals surface area contributed by atoms with E-state index in [0.717, 1.165) is 43.0 Å². The maximum atomic E-state index is 12.4. The van der Waals surface area contributed by atoms with Gasteiger partial charge in [0.25, 0.3) is 5.91 Å². The first-order valence-electron chi connectivity index (χ1n) is 9.26. The van der Waals surface area contributed by atoms with Crippen LogP contribution in [0.25, 0.3) is 16.9 Å². The summed E-state index contributed by atoms with van der Waals surface area (Å²) in [6.07, 6.45) is 4.83. The van der Waals surface area contributed by atoms with Crippen LogP contribution in [0.15, 0.2) is 54.9 Å². The molecule has 1 N–H and O–H groups in total. The van der Waals surface area contributed by atoms with Crippen LogP contribution in [0.3, 0.4) is 0 Å². The Kier molecular flexibility index (Phi) is 6.02. The van der Waals surface area contributed by atoms with Gasteiger partial charge in [-0.3, -0.25) is 4.79 Å². The molecule has 0 unspecified atom stereocenters. The van der Waals surface area contributed by atoms with Gasteiger partial charge in [-0.05, 0) is 38.2 Å². The van der Waals surface area contributed by atoms with Crippen LogP contribution < -0.4 is 5.32 Å². The molecular weight excluding hydrogens is 324 g/mol. The Hall–Kier alpha value is -2.66. The zero-order valence-electron chi connectivity index (χ0n) is 15.5. The number of carbonyl (C=O) groups excluding carboxylic acids is 1. The molecule has 0 atom stereocenters. The summed E-state index contributed by atoms with van der Waals surface area (Å²) in [6, 6.07) is 13.7. The summed E-state index contributed by atoms with van der Waals surface area (Å²) in [7, 11) is 0. The Morgan fingerprint density at radius 3 is 2.65 bits per heavy atom. The second-order valence-corrected chi connectivity index (χ2v) is 6.31. The third kappa shape index (κ3) is 4.29. The van der Waals surface area contributed by atoms with Crippen LogP contribution in [-0.2, 0) is 0 Å². The molecule has 0 fully saturated rings. The highest BCUT2D eigenvalue weighted by molar-refractivity contribution is 5.95. The van der Waals surface area contributed by atoms with E-state index in [9.17, 15) is 4.79 Å². The number of fused-ring (bicyclic) bond motifs is 1. The van der Waals surface area contributed by atoms with Crippen LogP contribution in [0.4, 0.5) is 0 Å². The van der Waals surface area contributed by atoms with E-state index in [1.54, 1.807) is 0 Å². The Morgan fingerprint density at radius 1 is 1.15 bits per heavy atom. The molecule has 26 heavy (non-hydrogen) atoms. The van der Waals surface area contributed by atoms with Crippen LogP contribution in [0.2, 0.25) is 0 Å². The Balaban J connectivity index is 1.64. The summed E-state index contributed by atoms with van der Waals surface area (Å²) in [5.41, 5.74) is 3.39. The van der Waals surface area contributed by atoms with E-state index in [2.05, 4.69) is 29.0 Å². The molecular formula is C21H26N4O. The molecule has 0 saturated carbocycles. The topological polar surface area (TPSA) is 49.6 Å². The minimum atomic E-state index is -0.0451. The van der Waals surface area contributed by atoms with Crippen LogP contribution in [-0.4, -0.2) is 46.4 Å².